The maximum absolute atomic E-state index is 11.0. The third-order valence-corrected chi connectivity index (χ3v) is 4.76. The van der Waals surface area contributed by atoms with Gasteiger partial charge in [0, 0.05) is 19.9 Å². The Morgan fingerprint density at radius 1 is 1.06 bits per heavy atom. The van der Waals surface area contributed by atoms with Crippen molar-refractivity contribution in [2.24, 2.45) is 0 Å². The number of hydrogen-bond donors (Lipinski definition) is 0. The second kappa shape index (κ2) is 5.86. The standard InChI is InChI=1S/C12H7Br2NO2S/c13-8-5-6-12(10(7-8)15(16)17)18-11-4-2-1-3-9(11)14/h1-7H. The molecule has 0 unspecified atom stereocenters. The number of halogens is 2. The molecule has 0 aromatic heterocycles. The van der Waals surface area contributed by atoms with Crippen LogP contribution in [0.3, 0.4) is 0 Å². The van der Waals surface area contributed by atoms with E-state index in [9.17, 15) is 10.1 Å². The Morgan fingerprint density at radius 2 is 1.78 bits per heavy atom. The van der Waals surface area contributed by atoms with E-state index in [-0.39, 0.29) is 10.6 Å². The fraction of sp³-hybridized carbons (Fsp3) is 0. The average Bonchev–Trinajstić information content (AvgIpc) is 2.34. The summed E-state index contributed by atoms with van der Waals surface area (Å²) in [6.07, 6.45) is 0. The highest BCUT2D eigenvalue weighted by Crippen LogP contribution is 2.39. The van der Waals surface area contributed by atoms with Crippen LogP contribution in [0.1, 0.15) is 0 Å². The van der Waals surface area contributed by atoms with E-state index in [2.05, 4.69) is 31.9 Å². The van der Waals surface area contributed by atoms with Crippen molar-refractivity contribution in [1.82, 2.24) is 0 Å². The van der Waals surface area contributed by atoms with Crippen molar-refractivity contribution in [2.75, 3.05) is 0 Å². The van der Waals surface area contributed by atoms with Gasteiger partial charge in [-0.2, -0.15) is 0 Å². The monoisotopic (exact) mass is 387 g/mol. The first-order chi connectivity index (χ1) is 8.58. The zero-order valence-corrected chi connectivity index (χ0v) is 13.0. The van der Waals surface area contributed by atoms with Crippen molar-refractivity contribution in [1.29, 1.82) is 0 Å². The lowest BCUT2D eigenvalue weighted by atomic mass is 10.3. The zero-order valence-electron chi connectivity index (χ0n) is 8.97. The van der Waals surface area contributed by atoms with Gasteiger partial charge in [-0.15, -0.1) is 0 Å². The summed E-state index contributed by atoms with van der Waals surface area (Å²) >= 11 is 8.04. The molecule has 0 bridgehead atoms. The summed E-state index contributed by atoms with van der Waals surface area (Å²) in [6, 6.07) is 12.7. The molecule has 0 heterocycles. The van der Waals surface area contributed by atoms with Crippen LogP contribution in [0.25, 0.3) is 0 Å². The fourth-order valence-corrected chi connectivity index (χ4v) is 3.17. The predicted octanol–water partition coefficient (Wildman–Crippen LogP) is 5.27. The minimum atomic E-state index is -0.371. The summed E-state index contributed by atoms with van der Waals surface area (Å²) in [7, 11) is 0. The number of hydrogen-bond acceptors (Lipinski definition) is 3. The largest absolute Gasteiger partial charge is 0.284 e. The highest BCUT2D eigenvalue weighted by atomic mass is 79.9. The SMILES string of the molecule is O=[N+]([O-])c1cc(Br)ccc1Sc1ccccc1Br. The third kappa shape index (κ3) is 3.13. The van der Waals surface area contributed by atoms with Crippen LogP contribution in [0, 0.1) is 10.1 Å². The van der Waals surface area contributed by atoms with E-state index in [1.807, 2.05) is 24.3 Å². The molecule has 3 nitrogen and oxygen atoms in total. The maximum Gasteiger partial charge on any atom is 0.284 e. The first-order valence-electron chi connectivity index (χ1n) is 4.94. The number of nitrogens with zero attached hydrogens (tertiary/aromatic N) is 1. The van der Waals surface area contributed by atoms with E-state index in [4.69, 9.17) is 0 Å². The molecule has 0 aliphatic heterocycles. The first-order valence-corrected chi connectivity index (χ1v) is 7.34. The lowest BCUT2D eigenvalue weighted by Crippen LogP contribution is -1.90. The Bertz CT molecular complexity index is 604. The van der Waals surface area contributed by atoms with Gasteiger partial charge >= 0.3 is 0 Å². The van der Waals surface area contributed by atoms with Crippen LogP contribution in [0.5, 0.6) is 0 Å². The third-order valence-electron chi connectivity index (χ3n) is 2.17. The molecule has 0 atom stereocenters. The van der Waals surface area contributed by atoms with Crippen LogP contribution >= 0.6 is 43.6 Å². The van der Waals surface area contributed by atoms with Gasteiger partial charge in [0.1, 0.15) is 0 Å². The highest BCUT2D eigenvalue weighted by molar-refractivity contribution is 9.10. The molecule has 2 aromatic carbocycles. The Kier molecular flexibility index (Phi) is 4.42. The Morgan fingerprint density at radius 3 is 2.44 bits per heavy atom. The molecule has 0 saturated carbocycles. The quantitative estimate of drug-likeness (QED) is 0.531. The Labute approximate surface area is 125 Å². The second-order valence-electron chi connectivity index (χ2n) is 3.40. The van der Waals surface area contributed by atoms with Gasteiger partial charge in [0.2, 0.25) is 0 Å². The van der Waals surface area contributed by atoms with E-state index in [1.54, 1.807) is 12.1 Å². The average molecular weight is 389 g/mol. The number of nitro benzene ring substituents is 1. The molecule has 0 fully saturated rings. The van der Waals surface area contributed by atoms with E-state index >= 15 is 0 Å². The number of rotatable bonds is 3. The van der Waals surface area contributed by atoms with E-state index < -0.39 is 0 Å². The molecule has 0 radical (unpaired) electrons. The number of nitro groups is 1. The fourth-order valence-electron chi connectivity index (χ4n) is 1.37. The van der Waals surface area contributed by atoms with Crippen molar-refractivity contribution in [3.8, 4) is 0 Å². The summed E-state index contributed by atoms with van der Waals surface area (Å²) in [5, 5.41) is 11.0. The molecule has 0 spiro atoms. The topological polar surface area (TPSA) is 43.1 Å². The summed E-state index contributed by atoms with van der Waals surface area (Å²) < 4.78 is 1.62. The lowest BCUT2D eigenvalue weighted by molar-refractivity contribution is -0.387. The van der Waals surface area contributed by atoms with Crippen molar-refractivity contribution >= 4 is 49.3 Å². The molecule has 18 heavy (non-hydrogen) atoms. The molecular formula is C12H7Br2NO2S. The first kappa shape index (κ1) is 13.6. The summed E-state index contributed by atoms with van der Waals surface area (Å²) in [5.41, 5.74) is 0.102. The predicted molar refractivity (Wildman–Crippen MR) is 79.1 cm³/mol. The summed E-state index contributed by atoms with van der Waals surface area (Å²) in [4.78, 5) is 12.2. The van der Waals surface area contributed by atoms with Crippen LogP contribution in [0.2, 0.25) is 0 Å². The van der Waals surface area contributed by atoms with Crippen LogP contribution in [-0.4, -0.2) is 4.92 Å². The van der Waals surface area contributed by atoms with Gasteiger partial charge in [-0.3, -0.25) is 10.1 Å². The molecule has 2 aromatic rings. The summed E-state index contributed by atoms with van der Waals surface area (Å²) in [6.45, 7) is 0. The van der Waals surface area contributed by atoms with Crippen molar-refractivity contribution in [3.05, 3.63) is 61.5 Å². The Balaban J connectivity index is 2.41. The van der Waals surface area contributed by atoms with Crippen LogP contribution < -0.4 is 0 Å². The molecule has 0 aliphatic rings. The van der Waals surface area contributed by atoms with Crippen molar-refractivity contribution in [3.63, 3.8) is 0 Å². The number of benzene rings is 2. The smallest absolute Gasteiger partial charge is 0.258 e. The van der Waals surface area contributed by atoms with Gasteiger partial charge in [-0.25, -0.2) is 0 Å². The minimum absolute atomic E-state index is 0.102. The van der Waals surface area contributed by atoms with Crippen LogP contribution in [0.15, 0.2) is 61.2 Å². The molecular weight excluding hydrogens is 382 g/mol. The van der Waals surface area contributed by atoms with Gasteiger partial charge in [-0.1, -0.05) is 39.8 Å². The molecule has 6 heteroatoms. The van der Waals surface area contributed by atoms with E-state index in [1.165, 1.54) is 17.8 Å². The molecule has 92 valence electrons. The Hall–Kier alpha value is -0.850. The minimum Gasteiger partial charge on any atom is -0.258 e. The normalized spacial score (nSPS) is 10.3. The lowest BCUT2D eigenvalue weighted by Gasteiger charge is -2.05. The van der Waals surface area contributed by atoms with Gasteiger partial charge in [-0.05, 0) is 40.2 Å². The maximum atomic E-state index is 11.0. The molecule has 0 saturated heterocycles. The van der Waals surface area contributed by atoms with Crippen LogP contribution in [0.4, 0.5) is 5.69 Å². The van der Waals surface area contributed by atoms with Crippen molar-refractivity contribution in [2.45, 2.75) is 9.79 Å². The highest BCUT2D eigenvalue weighted by Gasteiger charge is 2.16. The van der Waals surface area contributed by atoms with Gasteiger partial charge in [0.05, 0.1) is 9.82 Å². The van der Waals surface area contributed by atoms with E-state index in [0.717, 1.165) is 9.37 Å². The molecule has 0 aliphatic carbocycles. The zero-order chi connectivity index (χ0) is 13.1. The van der Waals surface area contributed by atoms with Gasteiger partial charge in [0.25, 0.3) is 5.69 Å². The summed E-state index contributed by atoms with van der Waals surface area (Å²) in [5.74, 6) is 0. The molecule has 0 amide bonds. The molecule has 2 rings (SSSR count). The van der Waals surface area contributed by atoms with Gasteiger partial charge in [0.15, 0.2) is 0 Å². The van der Waals surface area contributed by atoms with Crippen molar-refractivity contribution < 1.29 is 4.92 Å². The van der Waals surface area contributed by atoms with Crippen LogP contribution in [-0.2, 0) is 0 Å². The molecule has 0 N–H and O–H groups in total. The van der Waals surface area contributed by atoms with E-state index in [0.29, 0.717) is 9.37 Å². The van der Waals surface area contributed by atoms with Gasteiger partial charge < -0.3 is 0 Å². The second-order valence-corrected chi connectivity index (χ2v) is 6.26.